The fraction of sp³-hybridized carbons (Fsp3) is 0.167. The predicted molar refractivity (Wildman–Crippen MR) is 75.9 cm³/mol. The Morgan fingerprint density at radius 1 is 1.33 bits per heavy atom. The van der Waals surface area contributed by atoms with Crippen molar-refractivity contribution in [2.75, 3.05) is 12.8 Å². The molecular weight excluding hydrogens is 318 g/mol. The lowest BCUT2D eigenvalue weighted by Gasteiger charge is -2.11. The van der Waals surface area contributed by atoms with Gasteiger partial charge in [-0.3, -0.25) is 0 Å². The second kappa shape index (κ2) is 5.12. The normalized spacial score (nSPS) is 10.4. The molecule has 2 rings (SSSR count). The summed E-state index contributed by atoms with van der Waals surface area (Å²) in [5.41, 5.74) is 7.21. The number of nitrogens with two attached hydrogens (primary N) is 1. The summed E-state index contributed by atoms with van der Waals surface area (Å²) in [7, 11) is 1.57. The first-order valence-electron chi connectivity index (χ1n) is 5.17. The zero-order valence-corrected chi connectivity index (χ0v) is 12.2. The Balaban J connectivity index is 2.69. The largest absolute Gasteiger partial charge is 0.496 e. The van der Waals surface area contributed by atoms with Crippen LogP contribution < -0.4 is 10.5 Å². The highest BCUT2D eigenvalue weighted by Crippen LogP contribution is 2.35. The summed E-state index contributed by atoms with van der Waals surface area (Å²) in [5.74, 6) is 1.44. The minimum atomic E-state index is 0.375. The second-order valence-electron chi connectivity index (χ2n) is 3.65. The van der Waals surface area contributed by atoms with Crippen LogP contribution >= 0.6 is 27.5 Å². The number of nitrogens with zero attached hydrogens (tertiary/aromatic N) is 2. The lowest BCUT2D eigenvalue weighted by atomic mass is 10.2. The van der Waals surface area contributed by atoms with E-state index in [9.17, 15) is 0 Å². The van der Waals surface area contributed by atoms with Crippen LogP contribution in [0.2, 0.25) is 5.02 Å². The van der Waals surface area contributed by atoms with Crippen molar-refractivity contribution >= 4 is 33.3 Å². The number of methoxy groups -OCH3 is 1. The van der Waals surface area contributed by atoms with Crippen LogP contribution in [0.25, 0.3) is 11.4 Å². The van der Waals surface area contributed by atoms with E-state index in [0.717, 1.165) is 5.69 Å². The lowest BCUT2D eigenvalue weighted by molar-refractivity contribution is 0.416. The van der Waals surface area contributed by atoms with Crippen molar-refractivity contribution < 1.29 is 4.74 Å². The molecule has 1 aromatic carbocycles. The van der Waals surface area contributed by atoms with Crippen molar-refractivity contribution in [2.24, 2.45) is 0 Å². The van der Waals surface area contributed by atoms with Crippen molar-refractivity contribution in [1.29, 1.82) is 0 Å². The molecule has 94 valence electrons. The molecule has 1 heterocycles. The van der Waals surface area contributed by atoms with Gasteiger partial charge in [0.2, 0.25) is 0 Å². The first-order chi connectivity index (χ1) is 8.54. The molecule has 0 spiro atoms. The van der Waals surface area contributed by atoms with Gasteiger partial charge in [0.1, 0.15) is 11.6 Å². The first kappa shape index (κ1) is 13.1. The van der Waals surface area contributed by atoms with Gasteiger partial charge in [-0.2, -0.15) is 0 Å². The highest BCUT2D eigenvalue weighted by molar-refractivity contribution is 9.10. The summed E-state index contributed by atoms with van der Waals surface area (Å²) in [4.78, 5) is 8.60. The van der Waals surface area contributed by atoms with Crippen LogP contribution in [0, 0.1) is 6.92 Å². The Morgan fingerprint density at radius 2 is 2.06 bits per heavy atom. The molecule has 18 heavy (non-hydrogen) atoms. The summed E-state index contributed by atoms with van der Waals surface area (Å²) in [6.45, 7) is 1.84. The van der Waals surface area contributed by atoms with Crippen LogP contribution in [0.5, 0.6) is 5.75 Å². The molecule has 0 unspecified atom stereocenters. The molecule has 0 aliphatic carbocycles. The molecular formula is C12H11BrClN3O. The zero-order valence-electron chi connectivity index (χ0n) is 9.87. The van der Waals surface area contributed by atoms with Gasteiger partial charge < -0.3 is 10.5 Å². The van der Waals surface area contributed by atoms with Crippen molar-refractivity contribution in [3.8, 4) is 17.1 Å². The molecule has 0 atom stereocenters. The maximum absolute atomic E-state index is 6.17. The molecule has 0 fully saturated rings. The highest BCUT2D eigenvalue weighted by atomic mass is 79.9. The van der Waals surface area contributed by atoms with Crippen molar-refractivity contribution in [1.82, 2.24) is 9.97 Å². The predicted octanol–water partition coefficient (Wildman–Crippen LogP) is 3.46. The smallest absolute Gasteiger partial charge is 0.167 e. The molecule has 0 amide bonds. The topological polar surface area (TPSA) is 61.0 Å². The van der Waals surface area contributed by atoms with Crippen LogP contribution in [0.15, 0.2) is 22.7 Å². The number of hydrogen-bond donors (Lipinski definition) is 1. The first-order valence-corrected chi connectivity index (χ1v) is 6.34. The third-order valence-corrected chi connectivity index (χ3v) is 3.76. The fourth-order valence-electron chi connectivity index (χ4n) is 1.58. The number of nitrogen functional groups attached to an aromatic ring is 1. The lowest BCUT2D eigenvalue weighted by Crippen LogP contribution is -2.01. The van der Waals surface area contributed by atoms with E-state index in [4.69, 9.17) is 22.1 Å². The maximum atomic E-state index is 6.17. The maximum Gasteiger partial charge on any atom is 0.167 e. The molecule has 2 aromatic rings. The average molecular weight is 329 g/mol. The monoisotopic (exact) mass is 327 g/mol. The van der Waals surface area contributed by atoms with Gasteiger partial charge in [-0.25, -0.2) is 9.97 Å². The van der Waals surface area contributed by atoms with E-state index in [2.05, 4.69) is 25.9 Å². The molecule has 0 aliphatic heterocycles. The molecule has 0 radical (unpaired) electrons. The molecule has 1 aromatic heterocycles. The number of rotatable bonds is 2. The quantitative estimate of drug-likeness (QED) is 0.917. The number of anilines is 1. The number of aryl methyl sites for hydroxylation is 1. The number of ether oxygens (including phenoxy) is 1. The van der Waals surface area contributed by atoms with Gasteiger partial charge in [-0.05, 0) is 35.0 Å². The minimum Gasteiger partial charge on any atom is -0.496 e. The second-order valence-corrected chi connectivity index (χ2v) is 4.85. The number of halogens is 2. The third-order valence-electron chi connectivity index (χ3n) is 2.46. The van der Waals surface area contributed by atoms with E-state index in [1.165, 1.54) is 0 Å². The molecule has 0 saturated carbocycles. The highest BCUT2D eigenvalue weighted by Gasteiger charge is 2.15. The van der Waals surface area contributed by atoms with Crippen molar-refractivity contribution in [3.63, 3.8) is 0 Å². The van der Waals surface area contributed by atoms with Crippen LogP contribution in [0.3, 0.4) is 0 Å². The molecule has 2 N–H and O–H groups in total. The molecule has 0 bridgehead atoms. The van der Waals surface area contributed by atoms with E-state index in [1.807, 2.05) is 6.92 Å². The van der Waals surface area contributed by atoms with Gasteiger partial charge in [-0.1, -0.05) is 17.7 Å². The van der Waals surface area contributed by atoms with Gasteiger partial charge in [0.05, 0.1) is 27.9 Å². The summed E-state index contributed by atoms with van der Waals surface area (Å²) in [6.07, 6.45) is 0. The van der Waals surface area contributed by atoms with Crippen molar-refractivity contribution in [3.05, 3.63) is 33.4 Å². The van der Waals surface area contributed by atoms with E-state index >= 15 is 0 Å². The average Bonchev–Trinajstić information content (AvgIpc) is 2.35. The molecule has 0 aliphatic rings. The summed E-state index contributed by atoms with van der Waals surface area (Å²) >= 11 is 9.50. The molecule has 0 saturated heterocycles. The van der Waals surface area contributed by atoms with Crippen LogP contribution in [0.1, 0.15) is 5.69 Å². The van der Waals surface area contributed by atoms with Gasteiger partial charge >= 0.3 is 0 Å². The Kier molecular flexibility index (Phi) is 3.73. The summed E-state index contributed by atoms with van der Waals surface area (Å²) < 4.78 is 5.97. The molecule has 6 heteroatoms. The van der Waals surface area contributed by atoms with E-state index in [1.54, 1.807) is 25.3 Å². The number of aromatic nitrogens is 2. The van der Waals surface area contributed by atoms with Crippen LogP contribution in [-0.2, 0) is 0 Å². The zero-order chi connectivity index (χ0) is 13.3. The van der Waals surface area contributed by atoms with E-state index < -0.39 is 0 Å². The molecule has 4 nitrogen and oxygen atoms in total. The third kappa shape index (κ3) is 2.28. The Bertz CT molecular complexity index is 581. The standard InChI is InChI=1S/C12H11BrClN3O/c1-6-10(13)11(15)17-12(16-6)9-7(14)4-3-5-8(9)18-2/h3-5H,1-2H3,(H2,15,16,17). The van der Waals surface area contributed by atoms with Gasteiger partial charge in [-0.15, -0.1) is 0 Å². The van der Waals surface area contributed by atoms with Gasteiger partial charge in [0.25, 0.3) is 0 Å². The van der Waals surface area contributed by atoms with Crippen LogP contribution in [-0.4, -0.2) is 17.1 Å². The minimum absolute atomic E-state index is 0.375. The SMILES string of the molecule is COc1cccc(Cl)c1-c1nc(C)c(Br)c(N)n1. The van der Waals surface area contributed by atoms with Crippen LogP contribution in [0.4, 0.5) is 5.82 Å². The van der Waals surface area contributed by atoms with E-state index in [-0.39, 0.29) is 0 Å². The van der Waals surface area contributed by atoms with E-state index in [0.29, 0.717) is 32.5 Å². The Hall–Kier alpha value is -1.33. The Labute approximate surface area is 118 Å². The summed E-state index contributed by atoms with van der Waals surface area (Å²) in [5, 5.41) is 0.524. The Morgan fingerprint density at radius 3 is 2.67 bits per heavy atom. The van der Waals surface area contributed by atoms with Crippen molar-refractivity contribution in [2.45, 2.75) is 6.92 Å². The summed E-state index contributed by atoms with van der Waals surface area (Å²) in [6, 6.07) is 5.37. The number of hydrogen-bond acceptors (Lipinski definition) is 4. The fourth-order valence-corrected chi connectivity index (χ4v) is 2.01. The van der Waals surface area contributed by atoms with Gasteiger partial charge in [0, 0.05) is 0 Å². The van der Waals surface area contributed by atoms with Gasteiger partial charge in [0.15, 0.2) is 5.82 Å². The number of benzene rings is 1.